The Bertz CT molecular complexity index is 1540. The highest BCUT2D eigenvalue weighted by Gasteiger charge is 2.23. The van der Waals surface area contributed by atoms with Crippen LogP contribution in [0.2, 0.25) is 5.02 Å². The summed E-state index contributed by atoms with van der Waals surface area (Å²) in [5.41, 5.74) is 5.35. The minimum Gasteiger partial charge on any atom is -0.453 e. The van der Waals surface area contributed by atoms with Crippen molar-refractivity contribution in [1.82, 2.24) is 18.9 Å². The molecular weight excluding hydrogens is 470 g/mol. The van der Waals surface area contributed by atoms with E-state index in [1.807, 2.05) is 19.1 Å². The largest absolute Gasteiger partial charge is 0.453 e. The molecule has 0 spiro atoms. The average molecular weight is 488 g/mol. The van der Waals surface area contributed by atoms with Gasteiger partial charge in [0.1, 0.15) is 21.1 Å². The first-order valence-corrected chi connectivity index (χ1v) is 10.8. The molecule has 33 heavy (non-hydrogen) atoms. The van der Waals surface area contributed by atoms with E-state index < -0.39 is 35.2 Å². The number of rotatable bonds is 5. The zero-order chi connectivity index (χ0) is 24.0. The van der Waals surface area contributed by atoms with Crippen molar-refractivity contribution < 1.29 is 14.3 Å². The van der Waals surface area contributed by atoms with E-state index in [1.54, 1.807) is 22.9 Å². The molecule has 0 unspecified atom stereocenters. The fraction of sp³-hybridized carbons (Fsp3) is 0.190. The highest BCUT2D eigenvalue weighted by Crippen LogP contribution is 2.31. The molecule has 10 nitrogen and oxygen atoms in total. The molecule has 170 valence electrons. The predicted octanol–water partition coefficient (Wildman–Crippen LogP) is 2.07. The lowest BCUT2D eigenvalue weighted by molar-refractivity contribution is 0.0479. The molecule has 0 saturated carbocycles. The third-order valence-electron chi connectivity index (χ3n) is 5.14. The van der Waals surface area contributed by atoms with Crippen molar-refractivity contribution in [2.24, 2.45) is 14.1 Å². The number of ketones is 1. The fourth-order valence-electron chi connectivity index (χ4n) is 3.30. The number of nitrogens with two attached hydrogens (primary N) is 1. The van der Waals surface area contributed by atoms with Gasteiger partial charge in [-0.1, -0.05) is 11.6 Å². The highest BCUT2D eigenvalue weighted by molar-refractivity contribution is 7.20. The number of nitrogen functional groups attached to an aromatic ring is 1. The number of anilines is 1. The van der Waals surface area contributed by atoms with Crippen LogP contribution in [0.3, 0.4) is 0 Å². The average Bonchev–Trinajstić information content (AvgIpc) is 3.36. The summed E-state index contributed by atoms with van der Waals surface area (Å²) < 4.78 is 8.59. The van der Waals surface area contributed by atoms with Gasteiger partial charge in [-0.2, -0.15) is 5.10 Å². The highest BCUT2D eigenvalue weighted by atomic mass is 35.5. The summed E-state index contributed by atoms with van der Waals surface area (Å²) in [5, 5.41) is 5.86. The molecule has 12 heteroatoms. The van der Waals surface area contributed by atoms with Crippen LogP contribution in [-0.2, 0) is 18.8 Å². The first kappa shape index (κ1) is 22.5. The summed E-state index contributed by atoms with van der Waals surface area (Å²) in [6, 6.07) is 8.74. The lowest BCUT2D eigenvalue weighted by Crippen LogP contribution is -2.42. The van der Waals surface area contributed by atoms with Crippen molar-refractivity contribution in [1.29, 1.82) is 0 Å². The van der Waals surface area contributed by atoms with E-state index in [0.29, 0.717) is 10.7 Å². The van der Waals surface area contributed by atoms with Crippen molar-refractivity contribution in [2.45, 2.75) is 6.92 Å². The summed E-state index contributed by atoms with van der Waals surface area (Å²) in [4.78, 5) is 50.4. The lowest BCUT2D eigenvalue weighted by atomic mass is 10.2. The molecule has 0 aliphatic rings. The molecule has 0 amide bonds. The van der Waals surface area contributed by atoms with Gasteiger partial charge in [0.15, 0.2) is 6.61 Å². The molecule has 3 aromatic heterocycles. The standard InChI is InChI=1S/C21H18ClN5O5S/c1-10-13-8-15(33-19(13)27(24-10)12-6-4-11(22)5-7-12)20(30)32-9-14(28)16-17(23)25(2)21(31)26(3)18(16)29/h4-8H,9,23H2,1-3H3. The van der Waals surface area contributed by atoms with Crippen LogP contribution in [-0.4, -0.2) is 37.3 Å². The van der Waals surface area contributed by atoms with E-state index >= 15 is 0 Å². The zero-order valence-corrected chi connectivity index (χ0v) is 19.4. The Morgan fingerprint density at radius 3 is 2.48 bits per heavy atom. The van der Waals surface area contributed by atoms with E-state index in [0.717, 1.165) is 36.4 Å². The summed E-state index contributed by atoms with van der Waals surface area (Å²) >= 11 is 7.11. The number of carbonyl (C=O) groups excluding carboxylic acids is 2. The van der Waals surface area contributed by atoms with Crippen LogP contribution in [0.15, 0.2) is 39.9 Å². The first-order chi connectivity index (χ1) is 15.6. The summed E-state index contributed by atoms with van der Waals surface area (Å²) in [6.45, 7) is 1.12. The van der Waals surface area contributed by atoms with Gasteiger partial charge in [0, 0.05) is 24.5 Å². The maximum absolute atomic E-state index is 12.6. The SMILES string of the molecule is Cc1nn(-c2ccc(Cl)cc2)c2sc(C(=O)OCC(=O)c3c(N)n(C)c(=O)n(C)c3=O)cc12. The van der Waals surface area contributed by atoms with Crippen molar-refractivity contribution in [3.8, 4) is 5.69 Å². The molecule has 0 fully saturated rings. The van der Waals surface area contributed by atoms with Gasteiger partial charge in [-0.25, -0.2) is 14.3 Å². The van der Waals surface area contributed by atoms with Gasteiger partial charge >= 0.3 is 11.7 Å². The van der Waals surface area contributed by atoms with Gasteiger partial charge in [-0.3, -0.25) is 18.7 Å². The minimum absolute atomic E-state index is 0.266. The Morgan fingerprint density at radius 1 is 1.15 bits per heavy atom. The van der Waals surface area contributed by atoms with Gasteiger partial charge in [-0.05, 0) is 37.3 Å². The lowest BCUT2D eigenvalue weighted by Gasteiger charge is -2.10. The molecular formula is C21H18ClN5O5S. The van der Waals surface area contributed by atoms with Gasteiger partial charge in [0.2, 0.25) is 5.78 Å². The van der Waals surface area contributed by atoms with Crippen molar-refractivity contribution in [2.75, 3.05) is 12.3 Å². The molecule has 0 radical (unpaired) electrons. The topological polar surface area (TPSA) is 131 Å². The number of ether oxygens (including phenoxy) is 1. The maximum Gasteiger partial charge on any atom is 0.348 e. The van der Waals surface area contributed by atoms with Crippen molar-refractivity contribution >= 4 is 50.7 Å². The molecule has 4 rings (SSSR count). The number of esters is 1. The van der Waals surface area contributed by atoms with Gasteiger partial charge < -0.3 is 10.5 Å². The van der Waals surface area contributed by atoms with Gasteiger partial charge in [0.25, 0.3) is 5.56 Å². The number of aryl methyl sites for hydroxylation is 1. The van der Waals surface area contributed by atoms with Gasteiger partial charge in [-0.15, -0.1) is 11.3 Å². The number of hydrogen-bond acceptors (Lipinski definition) is 8. The molecule has 2 N–H and O–H groups in total. The summed E-state index contributed by atoms with van der Waals surface area (Å²) in [6.07, 6.45) is 0. The van der Waals surface area contributed by atoms with E-state index in [2.05, 4.69) is 5.10 Å². The van der Waals surface area contributed by atoms with Crippen LogP contribution in [0.5, 0.6) is 0 Å². The maximum atomic E-state index is 12.6. The monoisotopic (exact) mass is 487 g/mol. The van der Waals surface area contributed by atoms with Crippen LogP contribution in [0.25, 0.3) is 15.9 Å². The van der Waals surface area contributed by atoms with E-state index in [-0.39, 0.29) is 10.7 Å². The Kier molecular flexibility index (Phi) is 5.68. The zero-order valence-electron chi connectivity index (χ0n) is 17.8. The number of hydrogen-bond donors (Lipinski definition) is 1. The van der Waals surface area contributed by atoms with Crippen LogP contribution in [0.1, 0.15) is 25.7 Å². The number of fused-ring (bicyclic) bond motifs is 1. The van der Waals surface area contributed by atoms with Crippen molar-refractivity contribution in [3.05, 3.63) is 72.3 Å². The second kappa shape index (κ2) is 8.34. The van der Waals surface area contributed by atoms with E-state index in [1.165, 1.54) is 14.1 Å². The second-order valence-electron chi connectivity index (χ2n) is 7.27. The van der Waals surface area contributed by atoms with Crippen LogP contribution >= 0.6 is 22.9 Å². The Balaban J connectivity index is 1.59. The number of benzene rings is 1. The summed E-state index contributed by atoms with van der Waals surface area (Å²) in [7, 11) is 2.57. The molecule has 0 saturated heterocycles. The summed E-state index contributed by atoms with van der Waals surface area (Å²) in [5.74, 6) is -1.82. The second-order valence-corrected chi connectivity index (χ2v) is 8.74. The molecule has 4 aromatic rings. The van der Waals surface area contributed by atoms with Gasteiger partial charge in [0.05, 0.1) is 11.4 Å². The normalized spacial score (nSPS) is 11.2. The minimum atomic E-state index is -0.850. The quantitative estimate of drug-likeness (QED) is 0.336. The van der Waals surface area contributed by atoms with Crippen molar-refractivity contribution in [3.63, 3.8) is 0 Å². The number of aromatic nitrogens is 4. The molecule has 0 bridgehead atoms. The molecule has 0 aliphatic heterocycles. The Hall–Kier alpha value is -3.70. The molecule has 3 heterocycles. The smallest absolute Gasteiger partial charge is 0.348 e. The Labute approximate surface area is 195 Å². The van der Waals surface area contributed by atoms with E-state index in [9.17, 15) is 19.2 Å². The van der Waals surface area contributed by atoms with Crippen LogP contribution in [0.4, 0.5) is 5.82 Å². The number of thiophene rings is 1. The van der Waals surface area contributed by atoms with Crippen LogP contribution in [0, 0.1) is 6.92 Å². The fourth-order valence-corrected chi connectivity index (χ4v) is 4.50. The number of carbonyl (C=O) groups is 2. The number of Topliss-reactive ketones (excluding diaryl/α,β-unsaturated/α-hetero) is 1. The molecule has 1 aromatic carbocycles. The number of halogens is 1. The third kappa shape index (κ3) is 3.85. The van der Waals surface area contributed by atoms with Crippen LogP contribution < -0.4 is 17.0 Å². The van der Waals surface area contributed by atoms with E-state index in [4.69, 9.17) is 22.1 Å². The number of nitrogens with zero attached hydrogens (tertiary/aromatic N) is 4. The third-order valence-corrected chi connectivity index (χ3v) is 6.48. The predicted molar refractivity (Wildman–Crippen MR) is 125 cm³/mol. The molecule has 0 atom stereocenters. The first-order valence-electron chi connectivity index (χ1n) is 9.61. The molecule has 0 aliphatic carbocycles. The Morgan fingerprint density at radius 2 is 1.82 bits per heavy atom.